The molecular formula is C19H21ClN2O3S. The molecule has 0 bridgehead atoms. The van der Waals surface area contributed by atoms with E-state index < -0.39 is 10.0 Å². The maximum atomic E-state index is 12.4. The number of hydrogen-bond donors (Lipinski definition) is 2. The van der Waals surface area contributed by atoms with Crippen molar-refractivity contribution in [3.8, 4) is 0 Å². The Morgan fingerprint density at radius 1 is 1.04 bits per heavy atom. The van der Waals surface area contributed by atoms with Crippen LogP contribution in [0.2, 0.25) is 5.02 Å². The average molecular weight is 393 g/mol. The molecule has 1 aliphatic carbocycles. The molecule has 0 atom stereocenters. The van der Waals surface area contributed by atoms with Gasteiger partial charge in [0.05, 0.1) is 4.90 Å². The maximum Gasteiger partial charge on any atom is 0.251 e. The lowest BCUT2D eigenvalue weighted by Gasteiger charge is -2.13. The van der Waals surface area contributed by atoms with Crippen LogP contribution in [0.25, 0.3) is 0 Å². The second kappa shape index (κ2) is 8.20. The van der Waals surface area contributed by atoms with Gasteiger partial charge in [-0.25, -0.2) is 13.1 Å². The molecule has 0 heterocycles. The van der Waals surface area contributed by atoms with E-state index in [0.717, 1.165) is 31.2 Å². The molecule has 2 N–H and O–H groups in total. The van der Waals surface area contributed by atoms with E-state index >= 15 is 0 Å². The number of carbonyl (C=O) groups excluding carboxylic acids is 1. The third kappa shape index (κ3) is 4.63. The van der Waals surface area contributed by atoms with Crippen LogP contribution in [0.5, 0.6) is 0 Å². The second-order valence-electron chi connectivity index (χ2n) is 6.40. The van der Waals surface area contributed by atoms with Gasteiger partial charge in [-0.05, 0) is 48.7 Å². The SMILES string of the molecule is O=C(NCc1ccccc1Cl)c1ccc(S(=O)(=O)NC2CCCC2)cc1. The van der Waals surface area contributed by atoms with Crippen molar-refractivity contribution < 1.29 is 13.2 Å². The van der Waals surface area contributed by atoms with Crippen LogP contribution in [-0.4, -0.2) is 20.4 Å². The van der Waals surface area contributed by atoms with Crippen LogP contribution in [-0.2, 0) is 16.6 Å². The van der Waals surface area contributed by atoms with Crippen molar-refractivity contribution in [2.45, 2.75) is 43.2 Å². The molecule has 0 spiro atoms. The molecule has 3 rings (SSSR count). The van der Waals surface area contributed by atoms with Gasteiger partial charge in [0.1, 0.15) is 0 Å². The Kier molecular flexibility index (Phi) is 5.96. The van der Waals surface area contributed by atoms with E-state index in [9.17, 15) is 13.2 Å². The predicted molar refractivity (Wildman–Crippen MR) is 102 cm³/mol. The molecule has 1 amide bonds. The smallest absolute Gasteiger partial charge is 0.251 e. The predicted octanol–water partition coefficient (Wildman–Crippen LogP) is 3.49. The summed E-state index contributed by atoms with van der Waals surface area (Å²) in [5.74, 6) is -0.280. The molecule has 1 fully saturated rings. The van der Waals surface area contributed by atoms with Crippen LogP contribution in [0.4, 0.5) is 0 Å². The lowest BCUT2D eigenvalue weighted by atomic mass is 10.2. The number of rotatable bonds is 6. The maximum absolute atomic E-state index is 12.4. The standard InChI is InChI=1S/C19H21ClN2O3S/c20-18-8-4-1-5-15(18)13-21-19(23)14-9-11-17(12-10-14)26(24,25)22-16-6-2-3-7-16/h1,4-5,8-12,16,22H,2-3,6-7,13H2,(H,21,23). The quantitative estimate of drug-likeness (QED) is 0.790. The van der Waals surface area contributed by atoms with Gasteiger partial charge in [0.2, 0.25) is 10.0 Å². The van der Waals surface area contributed by atoms with Gasteiger partial charge < -0.3 is 5.32 Å². The molecule has 1 saturated carbocycles. The van der Waals surface area contributed by atoms with Crippen LogP contribution in [0.3, 0.4) is 0 Å². The molecule has 1 aliphatic rings. The number of carbonyl (C=O) groups is 1. The minimum atomic E-state index is -3.55. The fourth-order valence-electron chi connectivity index (χ4n) is 3.04. The van der Waals surface area contributed by atoms with Crippen LogP contribution in [0.15, 0.2) is 53.4 Å². The lowest BCUT2D eigenvalue weighted by Crippen LogP contribution is -2.32. The molecule has 5 nitrogen and oxygen atoms in total. The molecule has 0 unspecified atom stereocenters. The lowest BCUT2D eigenvalue weighted by molar-refractivity contribution is 0.0951. The molecular weight excluding hydrogens is 372 g/mol. The van der Waals surface area contributed by atoms with Crippen LogP contribution >= 0.6 is 11.6 Å². The van der Waals surface area contributed by atoms with E-state index in [1.54, 1.807) is 6.07 Å². The van der Waals surface area contributed by atoms with Crippen LogP contribution < -0.4 is 10.0 Å². The second-order valence-corrected chi connectivity index (χ2v) is 8.52. The van der Waals surface area contributed by atoms with E-state index in [-0.39, 0.29) is 16.8 Å². The third-order valence-electron chi connectivity index (χ3n) is 4.50. The molecule has 2 aromatic carbocycles. The van der Waals surface area contributed by atoms with E-state index in [0.29, 0.717) is 17.1 Å². The summed E-state index contributed by atoms with van der Waals surface area (Å²) in [6.45, 7) is 0.307. The summed E-state index contributed by atoms with van der Waals surface area (Å²) in [6, 6.07) is 13.3. The minimum absolute atomic E-state index is 0.0126. The molecule has 0 aromatic heterocycles. The summed E-state index contributed by atoms with van der Waals surface area (Å²) in [5.41, 5.74) is 1.22. The highest BCUT2D eigenvalue weighted by atomic mass is 35.5. The molecule has 138 valence electrons. The van der Waals surface area contributed by atoms with Gasteiger partial charge in [0.15, 0.2) is 0 Å². The van der Waals surface area contributed by atoms with E-state index in [1.165, 1.54) is 24.3 Å². The molecule has 0 radical (unpaired) electrons. The highest BCUT2D eigenvalue weighted by molar-refractivity contribution is 7.89. The highest BCUT2D eigenvalue weighted by Gasteiger charge is 2.23. The van der Waals surface area contributed by atoms with Gasteiger partial charge in [-0.15, -0.1) is 0 Å². The summed E-state index contributed by atoms with van der Waals surface area (Å²) in [4.78, 5) is 12.4. The molecule has 0 saturated heterocycles. The number of sulfonamides is 1. The Bertz CT molecular complexity index is 876. The summed E-state index contributed by atoms with van der Waals surface area (Å²) in [7, 11) is -3.55. The van der Waals surface area contributed by atoms with Gasteiger partial charge >= 0.3 is 0 Å². The summed E-state index contributed by atoms with van der Waals surface area (Å²) in [5, 5.41) is 3.37. The van der Waals surface area contributed by atoms with Gasteiger partial charge in [-0.3, -0.25) is 4.79 Å². The normalized spacial score (nSPS) is 15.1. The van der Waals surface area contributed by atoms with Crippen molar-refractivity contribution >= 4 is 27.5 Å². The van der Waals surface area contributed by atoms with Crippen molar-refractivity contribution in [3.05, 3.63) is 64.7 Å². The third-order valence-corrected chi connectivity index (χ3v) is 6.41. The number of halogens is 1. The number of benzene rings is 2. The van der Waals surface area contributed by atoms with Crippen LogP contribution in [0.1, 0.15) is 41.6 Å². The van der Waals surface area contributed by atoms with Crippen molar-refractivity contribution in [2.24, 2.45) is 0 Å². The first-order chi connectivity index (χ1) is 12.5. The van der Waals surface area contributed by atoms with Gasteiger partial charge in [-0.2, -0.15) is 0 Å². The van der Waals surface area contributed by atoms with E-state index in [4.69, 9.17) is 11.6 Å². The zero-order valence-corrected chi connectivity index (χ0v) is 15.8. The van der Waals surface area contributed by atoms with Gasteiger partial charge in [0, 0.05) is 23.2 Å². The first-order valence-electron chi connectivity index (χ1n) is 8.60. The zero-order valence-electron chi connectivity index (χ0n) is 14.2. The van der Waals surface area contributed by atoms with Gasteiger partial charge in [-0.1, -0.05) is 42.6 Å². The Labute approximate surface area is 158 Å². The summed E-state index contributed by atoms with van der Waals surface area (Å²) < 4.78 is 27.5. The summed E-state index contributed by atoms with van der Waals surface area (Å²) >= 11 is 6.07. The Morgan fingerprint density at radius 3 is 2.35 bits per heavy atom. The highest BCUT2D eigenvalue weighted by Crippen LogP contribution is 2.20. The monoisotopic (exact) mass is 392 g/mol. The van der Waals surface area contributed by atoms with E-state index in [1.807, 2.05) is 18.2 Å². The van der Waals surface area contributed by atoms with Crippen LogP contribution in [0, 0.1) is 0 Å². The summed E-state index contributed by atoms with van der Waals surface area (Å²) in [6.07, 6.45) is 3.86. The number of hydrogen-bond acceptors (Lipinski definition) is 3. The Balaban J connectivity index is 1.63. The van der Waals surface area contributed by atoms with Crippen molar-refractivity contribution in [1.29, 1.82) is 0 Å². The zero-order chi connectivity index (χ0) is 18.6. The molecule has 2 aromatic rings. The molecule has 0 aliphatic heterocycles. The fourth-order valence-corrected chi connectivity index (χ4v) is 4.54. The first-order valence-corrected chi connectivity index (χ1v) is 10.5. The Hall–Kier alpha value is -1.89. The molecule has 7 heteroatoms. The first kappa shape index (κ1) is 18.9. The Morgan fingerprint density at radius 2 is 1.69 bits per heavy atom. The van der Waals surface area contributed by atoms with Crippen molar-refractivity contribution in [2.75, 3.05) is 0 Å². The largest absolute Gasteiger partial charge is 0.348 e. The topological polar surface area (TPSA) is 75.3 Å². The van der Waals surface area contributed by atoms with Gasteiger partial charge in [0.25, 0.3) is 5.91 Å². The average Bonchev–Trinajstić information content (AvgIpc) is 3.13. The fraction of sp³-hybridized carbons (Fsp3) is 0.316. The van der Waals surface area contributed by atoms with Crippen molar-refractivity contribution in [3.63, 3.8) is 0 Å². The molecule has 26 heavy (non-hydrogen) atoms. The van der Waals surface area contributed by atoms with E-state index in [2.05, 4.69) is 10.0 Å². The minimum Gasteiger partial charge on any atom is -0.348 e. The number of amides is 1. The van der Waals surface area contributed by atoms with Crippen molar-refractivity contribution in [1.82, 2.24) is 10.0 Å². The number of nitrogens with one attached hydrogen (secondary N) is 2.